The lowest BCUT2D eigenvalue weighted by Gasteiger charge is -2.48. The van der Waals surface area contributed by atoms with Crippen molar-refractivity contribution >= 4 is 23.7 Å². The molecule has 0 radical (unpaired) electrons. The summed E-state index contributed by atoms with van der Waals surface area (Å²) >= 11 is 1.39. The third-order valence-electron chi connectivity index (χ3n) is 6.86. The van der Waals surface area contributed by atoms with Crippen molar-refractivity contribution in [3.05, 3.63) is 138 Å². The highest BCUT2D eigenvalue weighted by atomic mass is 32.2. The number of hydrogen-bond acceptors (Lipinski definition) is 8. The predicted molar refractivity (Wildman–Crippen MR) is 152 cm³/mol. The van der Waals surface area contributed by atoms with E-state index in [2.05, 4.69) is 0 Å². The lowest BCUT2D eigenvalue weighted by Crippen LogP contribution is -2.63. The van der Waals surface area contributed by atoms with Crippen LogP contribution in [-0.4, -0.2) is 48.4 Å². The molecule has 41 heavy (non-hydrogen) atoms. The molecule has 0 amide bonds. The fourth-order valence-corrected chi connectivity index (χ4v) is 5.97. The van der Waals surface area contributed by atoms with Gasteiger partial charge in [0, 0.05) is 10.5 Å². The Morgan fingerprint density at radius 2 is 1.15 bits per heavy atom. The van der Waals surface area contributed by atoms with E-state index < -0.39 is 48.1 Å². The molecule has 2 heterocycles. The van der Waals surface area contributed by atoms with Crippen molar-refractivity contribution in [1.82, 2.24) is 0 Å². The standard InChI is InChI=1S/C33H28O7S/c34-30(22-13-5-1-6-14-22)38-28-27-26(21-36-32(40-27)24-17-9-3-10-18-24)37-33(41-25-19-11-4-12-20-25)29(28)39-31(35)23-15-7-2-8-16-23/h1-20,26-29,32-33H,21H2/t26-,27-,28+,29-,32-,33+/m1/s1. The number of fused-ring (bicyclic) bond motifs is 1. The Morgan fingerprint density at radius 1 is 0.634 bits per heavy atom. The Morgan fingerprint density at radius 3 is 1.73 bits per heavy atom. The van der Waals surface area contributed by atoms with Crippen molar-refractivity contribution in [3.8, 4) is 0 Å². The highest BCUT2D eigenvalue weighted by Gasteiger charge is 2.54. The topological polar surface area (TPSA) is 80.3 Å². The largest absolute Gasteiger partial charge is 0.452 e. The first-order valence-electron chi connectivity index (χ1n) is 13.4. The van der Waals surface area contributed by atoms with E-state index >= 15 is 0 Å². The zero-order valence-corrected chi connectivity index (χ0v) is 22.8. The van der Waals surface area contributed by atoms with Gasteiger partial charge in [-0.25, -0.2) is 9.59 Å². The number of hydrogen-bond donors (Lipinski definition) is 0. The Labute approximate surface area is 242 Å². The van der Waals surface area contributed by atoms with E-state index in [4.69, 9.17) is 23.7 Å². The van der Waals surface area contributed by atoms with Crippen LogP contribution < -0.4 is 0 Å². The molecule has 6 atom stereocenters. The fraction of sp³-hybridized carbons (Fsp3) is 0.212. The highest BCUT2D eigenvalue weighted by Crippen LogP contribution is 2.41. The summed E-state index contributed by atoms with van der Waals surface area (Å²) in [6.45, 7) is 0.203. The number of rotatable bonds is 7. The second kappa shape index (κ2) is 12.7. The molecule has 0 saturated carbocycles. The predicted octanol–water partition coefficient (Wildman–Crippen LogP) is 6.07. The summed E-state index contributed by atoms with van der Waals surface area (Å²) in [5.41, 5.74) is 0.863. The minimum absolute atomic E-state index is 0.203. The number of benzene rings is 4. The molecule has 0 aromatic heterocycles. The lowest BCUT2D eigenvalue weighted by molar-refractivity contribution is -0.317. The van der Waals surface area contributed by atoms with Gasteiger partial charge in [-0.1, -0.05) is 96.7 Å². The smallest absolute Gasteiger partial charge is 0.338 e. The van der Waals surface area contributed by atoms with Crippen LogP contribution in [0.1, 0.15) is 32.6 Å². The number of carbonyl (C=O) groups is 2. The molecule has 4 aromatic carbocycles. The second-order valence-electron chi connectivity index (χ2n) is 9.62. The molecule has 7 nitrogen and oxygen atoms in total. The van der Waals surface area contributed by atoms with Crippen molar-refractivity contribution in [3.63, 3.8) is 0 Å². The first-order valence-corrected chi connectivity index (χ1v) is 14.2. The fourth-order valence-electron chi connectivity index (χ4n) is 4.85. The van der Waals surface area contributed by atoms with E-state index in [1.54, 1.807) is 48.5 Å². The monoisotopic (exact) mass is 568 g/mol. The van der Waals surface area contributed by atoms with E-state index in [0.29, 0.717) is 11.1 Å². The quantitative estimate of drug-likeness (QED) is 0.249. The molecule has 2 fully saturated rings. The summed E-state index contributed by atoms with van der Waals surface area (Å²) in [4.78, 5) is 27.7. The molecular formula is C33H28O7S. The van der Waals surface area contributed by atoms with Crippen LogP contribution in [0.3, 0.4) is 0 Å². The molecule has 2 aliphatic heterocycles. The van der Waals surface area contributed by atoms with Gasteiger partial charge < -0.3 is 23.7 Å². The summed E-state index contributed by atoms with van der Waals surface area (Å²) in [6, 6.07) is 36.6. The highest BCUT2D eigenvalue weighted by molar-refractivity contribution is 7.99. The van der Waals surface area contributed by atoms with E-state index in [1.807, 2.05) is 72.8 Å². The average molecular weight is 569 g/mol. The maximum absolute atomic E-state index is 13.4. The minimum Gasteiger partial charge on any atom is -0.452 e. The van der Waals surface area contributed by atoms with Crippen LogP contribution in [0.2, 0.25) is 0 Å². The van der Waals surface area contributed by atoms with E-state index in [9.17, 15) is 9.59 Å². The first-order chi connectivity index (χ1) is 20.2. The van der Waals surface area contributed by atoms with Gasteiger partial charge in [-0.2, -0.15) is 0 Å². The molecular weight excluding hydrogens is 540 g/mol. The molecule has 2 aliphatic rings. The molecule has 0 aliphatic carbocycles. The van der Waals surface area contributed by atoms with Gasteiger partial charge in [-0.05, 0) is 36.4 Å². The van der Waals surface area contributed by atoms with Crippen LogP contribution in [0.5, 0.6) is 0 Å². The van der Waals surface area contributed by atoms with Gasteiger partial charge in [0.1, 0.15) is 17.6 Å². The minimum atomic E-state index is -0.989. The molecule has 2 saturated heterocycles. The van der Waals surface area contributed by atoms with E-state index in [1.165, 1.54) is 11.8 Å². The van der Waals surface area contributed by atoms with Crippen molar-refractivity contribution in [1.29, 1.82) is 0 Å². The van der Waals surface area contributed by atoms with Gasteiger partial charge in [0.15, 0.2) is 18.5 Å². The Kier molecular flexibility index (Phi) is 8.44. The van der Waals surface area contributed by atoms with Crippen LogP contribution >= 0.6 is 11.8 Å². The van der Waals surface area contributed by atoms with Crippen LogP contribution in [0.15, 0.2) is 126 Å². The van der Waals surface area contributed by atoms with Gasteiger partial charge >= 0.3 is 11.9 Å². The van der Waals surface area contributed by atoms with Crippen molar-refractivity contribution in [2.24, 2.45) is 0 Å². The third-order valence-corrected chi connectivity index (χ3v) is 8.01. The average Bonchev–Trinajstić information content (AvgIpc) is 3.04. The molecule has 8 heteroatoms. The number of thioether (sulfide) groups is 1. The first kappa shape index (κ1) is 27.2. The van der Waals surface area contributed by atoms with Gasteiger partial charge in [0.05, 0.1) is 17.7 Å². The SMILES string of the molecule is O=C(O[C@@H]1[C@@H](OC(=O)c2ccccc2)[C@H](Sc2ccccc2)O[C@@H]2CO[C@@H](c3ccccc3)O[C@@H]12)c1ccccc1. The summed E-state index contributed by atoms with van der Waals surface area (Å²) in [6.07, 6.45) is -4.01. The Bertz CT molecular complexity index is 1440. The van der Waals surface area contributed by atoms with Crippen molar-refractivity contribution < 1.29 is 33.3 Å². The zero-order chi connectivity index (χ0) is 28.0. The van der Waals surface area contributed by atoms with E-state index in [0.717, 1.165) is 10.5 Å². The second-order valence-corrected chi connectivity index (χ2v) is 10.8. The maximum Gasteiger partial charge on any atom is 0.338 e. The van der Waals surface area contributed by atoms with Crippen molar-refractivity contribution in [2.75, 3.05) is 6.61 Å². The summed E-state index contributed by atoms with van der Waals surface area (Å²) < 4.78 is 31.2. The molecule has 0 spiro atoms. The van der Waals surface area contributed by atoms with Crippen LogP contribution in [0.25, 0.3) is 0 Å². The molecule has 208 valence electrons. The normalized spacial score (nSPS) is 25.5. The maximum atomic E-state index is 13.4. The summed E-state index contributed by atoms with van der Waals surface area (Å²) in [7, 11) is 0. The van der Waals surface area contributed by atoms with Gasteiger partial charge in [0.25, 0.3) is 0 Å². The third kappa shape index (κ3) is 6.36. The van der Waals surface area contributed by atoms with Gasteiger partial charge in [-0.15, -0.1) is 0 Å². The Hall–Kier alpha value is -3.95. The number of esters is 2. The number of carbonyl (C=O) groups excluding carboxylic acids is 2. The van der Waals surface area contributed by atoms with Crippen molar-refractivity contribution in [2.45, 2.75) is 41.0 Å². The van der Waals surface area contributed by atoms with Crippen LogP contribution in [0.4, 0.5) is 0 Å². The van der Waals surface area contributed by atoms with Crippen LogP contribution in [-0.2, 0) is 23.7 Å². The zero-order valence-electron chi connectivity index (χ0n) is 22.0. The van der Waals surface area contributed by atoms with Gasteiger partial charge in [-0.3, -0.25) is 0 Å². The summed E-state index contributed by atoms with van der Waals surface area (Å²) in [5.74, 6) is -1.10. The number of ether oxygens (including phenoxy) is 5. The van der Waals surface area contributed by atoms with Crippen LogP contribution in [0, 0.1) is 0 Å². The summed E-state index contributed by atoms with van der Waals surface area (Å²) in [5, 5.41) is 0. The van der Waals surface area contributed by atoms with E-state index in [-0.39, 0.29) is 6.61 Å². The Balaban J connectivity index is 1.36. The lowest BCUT2D eigenvalue weighted by atomic mass is 9.98. The molecule has 0 bridgehead atoms. The molecule has 0 unspecified atom stereocenters. The molecule has 0 N–H and O–H groups in total. The molecule has 4 aromatic rings. The molecule has 6 rings (SSSR count). The van der Waals surface area contributed by atoms with Gasteiger partial charge in [0.2, 0.25) is 0 Å².